The third-order valence-electron chi connectivity index (χ3n) is 5.56. The Hall–Kier alpha value is -2.37. The molecule has 0 radical (unpaired) electrons. The summed E-state index contributed by atoms with van der Waals surface area (Å²) in [5.74, 6) is -0.189. The second kappa shape index (κ2) is 8.11. The number of hydrogen-bond acceptors (Lipinski definition) is 4. The van der Waals surface area contributed by atoms with Crippen LogP contribution in [0, 0.1) is 11.8 Å². The van der Waals surface area contributed by atoms with Crippen molar-refractivity contribution in [3.8, 4) is 0 Å². The predicted molar refractivity (Wildman–Crippen MR) is 102 cm³/mol. The summed E-state index contributed by atoms with van der Waals surface area (Å²) in [5, 5.41) is 5.80. The SMILES string of the molecule is CCOC(=O)C1(NC(=O)c2cccc(NC(=O)[C@H]3C[C@H]3C)c2)CCCCC1. The highest BCUT2D eigenvalue weighted by atomic mass is 16.5. The molecule has 2 aliphatic rings. The van der Waals surface area contributed by atoms with Gasteiger partial charge in [-0.2, -0.15) is 0 Å². The fourth-order valence-corrected chi connectivity index (χ4v) is 3.75. The first kappa shape index (κ1) is 19.4. The monoisotopic (exact) mass is 372 g/mol. The molecule has 2 saturated carbocycles. The van der Waals surface area contributed by atoms with Gasteiger partial charge in [0.15, 0.2) is 0 Å². The molecule has 0 spiro atoms. The van der Waals surface area contributed by atoms with Crippen molar-refractivity contribution in [2.45, 2.75) is 57.9 Å². The lowest BCUT2D eigenvalue weighted by atomic mass is 9.81. The van der Waals surface area contributed by atoms with Crippen molar-refractivity contribution >= 4 is 23.5 Å². The Labute approximate surface area is 160 Å². The summed E-state index contributed by atoms with van der Waals surface area (Å²) < 4.78 is 5.23. The highest BCUT2D eigenvalue weighted by Crippen LogP contribution is 2.38. The molecule has 3 rings (SSSR count). The van der Waals surface area contributed by atoms with Crippen molar-refractivity contribution in [2.75, 3.05) is 11.9 Å². The van der Waals surface area contributed by atoms with Crippen LogP contribution in [0.5, 0.6) is 0 Å². The first-order chi connectivity index (χ1) is 12.9. The highest BCUT2D eigenvalue weighted by molar-refractivity contribution is 6.00. The topological polar surface area (TPSA) is 84.5 Å². The maximum atomic E-state index is 12.8. The zero-order valence-corrected chi connectivity index (χ0v) is 16.0. The van der Waals surface area contributed by atoms with Gasteiger partial charge in [-0.3, -0.25) is 9.59 Å². The number of nitrogens with one attached hydrogen (secondary N) is 2. The number of ether oxygens (including phenoxy) is 1. The van der Waals surface area contributed by atoms with Gasteiger partial charge in [0.05, 0.1) is 6.61 Å². The molecule has 6 nitrogen and oxygen atoms in total. The number of carbonyl (C=O) groups is 3. The van der Waals surface area contributed by atoms with Gasteiger partial charge in [-0.05, 0) is 50.3 Å². The van der Waals surface area contributed by atoms with E-state index in [9.17, 15) is 14.4 Å². The minimum absolute atomic E-state index is 0.00432. The number of amides is 2. The third kappa shape index (κ3) is 4.49. The number of carbonyl (C=O) groups excluding carboxylic acids is 3. The average Bonchev–Trinajstić information content (AvgIpc) is 3.40. The van der Waals surface area contributed by atoms with E-state index in [4.69, 9.17) is 4.74 Å². The zero-order chi connectivity index (χ0) is 19.4. The predicted octanol–water partition coefficient (Wildman–Crippen LogP) is 3.28. The van der Waals surface area contributed by atoms with E-state index >= 15 is 0 Å². The highest BCUT2D eigenvalue weighted by Gasteiger charge is 2.42. The summed E-state index contributed by atoms with van der Waals surface area (Å²) in [4.78, 5) is 37.5. The number of rotatable bonds is 6. The van der Waals surface area contributed by atoms with Crippen LogP contribution in [0.3, 0.4) is 0 Å². The van der Waals surface area contributed by atoms with Crippen LogP contribution in [-0.2, 0) is 14.3 Å². The Balaban J connectivity index is 1.71. The van der Waals surface area contributed by atoms with Crippen molar-refractivity contribution in [3.63, 3.8) is 0 Å². The van der Waals surface area contributed by atoms with E-state index in [1.165, 1.54) is 0 Å². The van der Waals surface area contributed by atoms with Crippen molar-refractivity contribution in [1.82, 2.24) is 5.32 Å². The minimum atomic E-state index is -0.950. The van der Waals surface area contributed by atoms with Gasteiger partial charge >= 0.3 is 5.97 Å². The number of esters is 1. The molecule has 0 saturated heterocycles. The molecule has 0 aromatic heterocycles. The molecule has 0 bridgehead atoms. The molecule has 146 valence electrons. The van der Waals surface area contributed by atoms with Gasteiger partial charge < -0.3 is 15.4 Å². The van der Waals surface area contributed by atoms with Gasteiger partial charge in [0.25, 0.3) is 5.91 Å². The van der Waals surface area contributed by atoms with Crippen LogP contribution >= 0.6 is 0 Å². The maximum absolute atomic E-state index is 12.8. The third-order valence-corrected chi connectivity index (χ3v) is 5.56. The van der Waals surface area contributed by atoms with Gasteiger partial charge in [0.1, 0.15) is 5.54 Å². The van der Waals surface area contributed by atoms with Crippen molar-refractivity contribution < 1.29 is 19.1 Å². The summed E-state index contributed by atoms with van der Waals surface area (Å²) >= 11 is 0. The van der Waals surface area contributed by atoms with Crippen molar-refractivity contribution in [2.24, 2.45) is 11.8 Å². The van der Waals surface area contributed by atoms with E-state index in [0.717, 1.165) is 25.7 Å². The van der Waals surface area contributed by atoms with Crippen LogP contribution in [0.15, 0.2) is 24.3 Å². The molecular formula is C21H28N2O4. The fourth-order valence-electron chi connectivity index (χ4n) is 3.75. The van der Waals surface area contributed by atoms with E-state index in [-0.39, 0.29) is 30.3 Å². The molecule has 0 unspecified atom stereocenters. The lowest BCUT2D eigenvalue weighted by Gasteiger charge is -2.35. The van der Waals surface area contributed by atoms with Crippen molar-refractivity contribution in [1.29, 1.82) is 0 Å². The van der Waals surface area contributed by atoms with E-state index < -0.39 is 5.54 Å². The molecule has 2 fully saturated rings. The fraction of sp³-hybridized carbons (Fsp3) is 0.571. The quantitative estimate of drug-likeness (QED) is 0.751. The summed E-state index contributed by atoms with van der Waals surface area (Å²) in [6.45, 7) is 4.10. The van der Waals surface area contributed by atoms with Crippen LogP contribution in [-0.4, -0.2) is 29.9 Å². The molecule has 0 heterocycles. The lowest BCUT2D eigenvalue weighted by molar-refractivity contribution is -0.152. The molecule has 2 atom stereocenters. The van der Waals surface area contributed by atoms with Crippen LogP contribution in [0.25, 0.3) is 0 Å². The number of benzene rings is 1. The second-order valence-corrected chi connectivity index (χ2v) is 7.71. The van der Waals surface area contributed by atoms with Crippen LogP contribution in [0.2, 0.25) is 0 Å². The summed E-state index contributed by atoms with van der Waals surface area (Å²) in [6.07, 6.45) is 4.91. The smallest absolute Gasteiger partial charge is 0.331 e. The summed E-state index contributed by atoms with van der Waals surface area (Å²) in [6, 6.07) is 6.84. The van der Waals surface area contributed by atoms with E-state index in [1.807, 2.05) is 6.92 Å². The first-order valence-electron chi connectivity index (χ1n) is 9.86. The molecule has 0 aliphatic heterocycles. The van der Waals surface area contributed by atoms with Gasteiger partial charge in [-0.25, -0.2) is 4.79 Å². The average molecular weight is 372 g/mol. The standard InChI is InChI=1S/C21H28N2O4/c1-3-27-20(26)21(10-5-4-6-11-21)23-18(24)15-8-7-9-16(13-15)22-19(25)17-12-14(17)2/h7-9,13-14,17H,3-6,10-12H2,1-2H3,(H,22,25)(H,23,24)/t14-,17+/m1/s1. The molecule has 2 amide bonds. The van der Waals surface area contributed by atoms with Gasteiger partial charge in [0, 0.05) is 17.2 Å². The Morgan fingerprint density at radius 1 is 1.19 bits per heavy atom. The summed E-state index contributed by atoms with van der Waals surface area (Å²) in [7, 11) is 0. The van der Waals surface area contributed by atoms with Crippen molar-refractivity contribution in [3.05, 3.63) is 29.8 Å². The molecule has 1 aromatic rings. The van der Waals surface area contributed by atoms with Gasteiger partial charge in [-0.1, -0.05) is 32.3 Å². The second-order valence-electron chi connectivity index (χ2n) is 7.71. The summed E-state index contributed by atoms with van der Waals surface area (Å²) in [5.41, 5.74) is 0.0695. The molecule has 27 heavy (non-hydrogen) atoms. The van der Waals surface area contributed by atoms with E-state index in [1.54, 1.807) is 31.2 Å². The Morgan fingerprint density at radius 3 is 2.52 bits per heavy atom. The molecule has 2 N–H and O–H groups in total. The van der Waals surface area contributed by atoms with Crippen LogP contribution < -0.4 is 10.6 Å². The minimum Gasteiger partial charge on any atom is -0.464 e. The van der Waals surface area contributed by atoms with Crippen LogP contribution in [0.4, 0.5) is 5.69 Å². The molecule has 2 aliphatic carbocycles. The van der Waals surface area contributed by atoms with Gasteiger partial charge in [-0.15, -0.1) is 0 Å². The normalized spacial score (nSPS) is 23.2. The van der Waals surface area contributed by atoms with E-state index in [0.29, 0.717) is 30.0 Å². The molecule has 1 aromatic carbocycles. The first-order valence-corrected chi connectivity index (χ1v) is 9.86. The van der Waals surface area contributed by atoms with Gasteiger partial charge in [0.2, 0.25) is 5.91 Å². The Kier molecular flexibility index (Phi) is 5.82. The number of hydrogen-bond donors (Lipinski definition) is 2. The molecular weight excluding hydrogens is 344 g/mol. The Morgan fingerprint density at radius 2 is 1.89 bits per heavy atom. The Bertz CT molecular complexity index is 725. The largest absolute Gasteiger partial charge is 0.464 e. The lowest BCUT2D eigenvalue weighted by Crippen LogP contribution is -2.56. The number of anilines is 1. The maximum Gasteiger partial charge on any atom is 0.331 e. The van der Waals surface area contributed by atoms with E-state index in [2.05, 4.69) is 10.6 Å². The molecule has 6 heteroatoms. The zero-order valence-electron chi connectivity index (χ0n) is 16.0. The van der Waals surface area contributed by atoms with Crippen LogP contribution in [0.1, 0.15) is 62.7 Å².